The molecule has 1 fully saturated rings. The van der Waals surface area contributed by atoms with Crippen molar-refractivity contribution >= 4 is 11.6 Å². The predicted molar refractivity (Wildman–Crippen MR) is 101 cm³/mol. The Morgan fingerprint density at radius 3 is 2.65 bits per heavy atom. The zero-order chi connectivity index (χ0) is 18.4. The Bertz CT molecular complexity index is 813. The molecule has 0 N–H and O–H groups in total. The third-order valence-corrected chi connectivity index (χ3v) is 4.75. The number of ether oxygens (including phenoxy) is 1. The van der Waals surface area contributed by atoms with Gasteiger partial charge in [0.1, 0.15) is 11.8 Å². The molecular weight excluding hydrogens is 326 g/mol. The molecule has 1 aliphatic rings. The number of rotatable bonds is 4. The minimum Gasteiger partial charge on any atom is -0.496 e. The van der Waals surface area contributed by atoms with Gasteiger partial charge < -0.3 is 14.5 Å². The number of amides is 1. The van der Waals surface area contributed by atoms with E-state index in [2.05, 4.69) is 11.0 Å². The zero-order valence-corrected chi connectivity index (χ0v) is 15.0. The molecule has 134 valence electrons. The first-order valence-corrected chi connectivity index (χ1v) is 8.86. The number of para-hydroxylation sites is 2. The minimum absolute atomic E-state index is 0.116. The minimum atomic E-state index is 0.116. The molecule has 3 rings (SSSR count). The molecule has 1 aliphatic heterocycles. The first kappa shape index (κ1) is 17.8. The Morgan fingerprint density at radius 2 is 1.85 bits per heavy atom. The van der Waals surface area contributed by atoms with Crippen LogP contribution >= 0.6 is 0 Å². The van der Waals surface area contributed by atoms with Crippen LogP contribution in [-0.4, -0.2) is 44.1 Å². The van der Waals surface area contributed by atoms with Crippen LogP contribution in [0.15, 0.2) is 48.5 Å². The Balaban J connectivity index is 1.67. The van der Waals surface area contributed by atoms with Gasteiger partial charge in [0.05, 0.1) is 24.8 Å². The second-order valence-corrected chi connectivity index (χ2v) is 6.34. The molecule has 0 spiro atoms. The molecule has 0 aliphatic carbocycles. The smallest absolute Gasteiger partial charge is 0.227 e. The maximum Gasteiger partial charge on any atom is 0.227 e. The molecule has 0 radical (unpaired) electrons. The summed E-state index contributed by atoms with van der Waals surface area (Å²) in [6, 6.07) is 17.5. The molecule has 1 amide bonds. The number of benzene rings is 2. The molecule has 26 heavy (non-hydrogen) atoms. The average Bonchev–Trinajstić information content (AvgIpc) is 2.94. The number of nitrogens with zero attached hydrogens (tertiary/aromatic N) is 3. The van der Waals surface area contributed by atoms with Crippen molar-refractivity contribution in [1.29, 1.82) is 5.26 Å². The van der Waals surface area contributed by atoms with Gasteiger partial charge in [0, 0.05) is 31.7 Å². The topological polar surface area (TPSA) is 56.6 Å². The van der Waals surface area contributed by atoms with Gasteiger partial charge in [0.25, 0.3) is 0 Å². The van der Waals surface area contributed by atoms with Crippen molar-refractivity contribution in [2.24, 2.45) is 0 Å². The number of nitriles is 1. The molecule has 2 aromatic carbocycles. The van der Waals surface area contributed by atoms with E-state index < -0.39 is 0 Å². The molecule has 0 aromatic heterocycles. The van der Waals surface area contributed by atoms with E-state index in [9.17, 15) is 10.1 Å². The lowest BCUT2D eigenvalue weighted by atomic mass is 10.1. The first-order valence-electron chi connectivity index (χ1n) is 8.86. The fraction of sp³-hybridized carbons (Fsp3) is 0.333. The first-order chi connectivity index (χ1) is 12.7. The lowest BCUT2D eigenvalue weighted by molar-refractivity contribution is -0.130. The van der Waals surface area contributed by atoms with Crippen LogP contribution in [0.5, 0.6) is 5.75 Å². The summed E-state index contributed by atoms with van der Waals surface area (Å²) < 4.78 is 5.35. The highest BCUT2D eigenvalue weighted by molar-refractivity contribution is 5.79. The van der Waals surface area contributed by atoms with Crippen molar-refractivity contribution in [3.05, 3.63) is 59.7 Å². The number of methoxy groups -OCH3 is 1. The second kappa shape index (κ2) is 8.39. The van der Waals surface area contributed by atoms with E-state index in [1.165, 1.54) is 0 Å². The van der Waals surface area contributed by atoms with Gasteiger partial charge >= 0.3 is 0 Å². The highest BCUT2D eigenvalue weighted by Gasteiger charge is 2.21. The quantitative estimate of drug-likeness (QED) is 0.852. The van der Waals surface area contributed by atoms with Crippen molar-refractivity contribution in [3.63, 3.8) is 0 Å². The Labute approximate surface area is 154 Å². The highest BCUT2D eigenvalue weighted by atomic mass is 16.5. The third kappa shape index (κ3) is 3.97. The molecule has 2 aromatic rings. The molecule has 0 saturated carbocycles. The molecule has 0 unspecified atom stereocenters. The van der Waals surface area contributed by atoms with Crippen molar-refractivity contribution in [3.8, 4) is 11.8 Å². The largest absolute Gasteiger partial charge is 0.496 e. The summed E-state index contributed by atoms with van der Waals surface area (Å²) in [6.45, 7) is 2.97. The fourth-order valence-corrected chi connectivity index (χ4v) is 3.38. The van der Waals surface area contributed by atoms with Crippen LogP contribution < -0.4 is 9.64 Å². The van der Waals surface area contributed by atoms with Crippen molar-refractivity contribution in [2.75, 3.05) is 38.2 Å². The number of hydrogen-bond acceptors (Lipinski definition) is 4. The van der Waals surface area contributed by atoms with Gasteiger partial charge in [-0.1, -0.05) is 30.3 Å². The molecule has 5 nitrogen and oxygen atoms in total. The van der Waals surface area contributed by atoms with E-state index in [0.29, 0.717) is 18.5 Å². The van der Waals surface area contributed by atoms with Crippen molar-refractivity contribution in [2.45, 2.75) is 12.8 Å². The van der Waals surface area contributed by atoms with Gasteiger partial charge in [-0.05, 0) is 24.6 Å². The van der Waals surface area contributed by atoms with E-state index in [0.717, 1.165) is 43.1 Å². The summed E-state index contributed by atoms with van der Waals surface area (Å²) in [4.78, 5) is 16.9. The SMILES string of the molecule is COc1ccccc1CC(=O)N1CCCN(c2ccccc2C#N)CC1. The van der Waals surface area contributed by atoms with E-state index in [4.69, 9.17) is 4.74 Å². The Kier molecular flexibility index (Phi) is 5.75. The van der Waals surface area contributed by atoms with E-state index in [1.54, 1.807) is 7.11 Å². The Hall–Kier alpha value is -3.00. The molecule has 0 bridgehead atoms. The van der Waals surface area contributed by atoms with Crippen LogP contribution in [0.2, 0.25) is 0 Å². The van der Waals surface area contributed by atoms with Gasteiger partial charge in [-0.3, -0.25) is 4.79 Å². The van der Waals surface area contributed by atoms with E-state index in [-0.39, 0.29) is 5.91 Å². The number of carbonyl (C=O) groups excluding carboxylic acids is 1. The summed E-state index contributed by atoms with van der Waals surface area (Å²) in [5.41, 5.74) is 2.55. The molecule has 1 saturated heterocycles. The van der Waals surface area contributed by atoms with Gasteiger partial charge in [-0.2, -0.15) is 5.26 Å². The Morgan fingerprint density at radius 1 is 1.08 bits per heavy atom. The van der Waals surface area contributed by atoms with Crippen molar-refractivity contribution in [1.82, 2.24) is 4.90 Å². The molecule has 1 heterocycles. The fourth-order valence-electron chi connectivity index (χ4n) is 3.38. The summed E-state index contributed by atoms with van der Waals surface area (Å²) in [6.07, 6.45) is 1.23. The maximum absolute atomic E-state index is 12.8. The van der Waals surface area contributed by atoms with Crippen LogP contribution in [0, 0.1) is 11.3 Å². The van der Waals surface area contributed by atoms with Gasteiger partial charge in [-0.15, -0.1) is 0 Å². The summed E-state index contributed by atoms with van der Waals surface area (Å²) in [5.74, 6) is 0.866. The summed E-state index contributed by atoms with van der Waals surface area (Å²) in [7, 11) is 1.62. The highest BCUT2D eigenvalue weighted by Crippen LogP contribution is 2.22. The normalized spacial score (nSPS) is 14.5. The predicted octanol–water partition coefficient (Wildman–Crippen LogP) is 2.85. The monoisotopic (exact) mass is 349 g/mol. The van der Waals surface area contributed by atoms with Gasteiger partial charge in [-0.25, -0.2) is 0 Å². The van der Waals surface area contributed by atoms with Gasteiger partial charge in [0.2, 0.25) is 5.91 Å². The van der Waals surface area contributed by atoms with Crippen LogP contribution in [0.4, 0.5) is 5.69 Å². The number of carbonyl (C=O) groups is 1. The molecule has 0 atom stereocenters. The lowest BCUT2D eigenvalue weighted by Gasteiger charge is -2.24. The summed E-state index contributed by atoms with van der Waals surface area (Å²) >= 11 is 0. The zero-order valence-electron chi connectivity index (χ0n) is 15.0. The molecule has 5 heteroatoms. The van der Waals surface area contributed by atoms with E-state index in [1.807, 2.05) is 53.4 Å². The van der Waals surface area contributed by atoms with Crippen LogP contribution in [0.3, 0.4) is 0 Å². The van der Waals surface area contributed by atoms with Crippen LogP contribution in [0.25, 0.3) is 0 Å². The summed E-state index contributed by atoms with van der Waals surface area (Å²) in [5, 5.41) is 9.32. The number of anilines is 1. The lowest BCUT2D eigenvalue weighted by Crippen LogP contribution is -2.36. The van der Waals surface area contributed by atoms with Gasteiger partial charge in [0.15, 0.2) is 0 Å². The second-order valence-electron chi connectivity index (χ2n) is 6.34. The average molecular weight is 349 g/mol. The standard InChI is InChI=1S/C21H23N3O2/c1-26-20-10-5-3-7-17(20)15-21(25)24-12-6-11-23(13-14-24)19-9-4-2-8-18(19)16-22/h2-5,7-10H,6,11-15H2,1H3. The number of hydrogen-bond donors (Lipinski definition) is 0. The molecular formula is C21H23N3O2. The maximum atomic E-state index is 12.8. The van der Waals surface area contributed by atoms with E-state index >= 15 is 0 Å². The van der Waals surface area contributed by atoms with Crippen LogP contribution in [0.1, 0.15) is 17.5 Å². The van der Waals surface area contributed by atoms with Crippen LogP contribution in [-0.2, 0) is 11.2 Å². The van der Waals surface area contributed by atoms with Crippen molar-refractivity contribution < 1.29 is 9.53 Å². The third-order valence-electron chi connectivity index (χ3n) is 4.75.